The fraction of sp³-hybridized carbons (Fsp3) is 0.526. The van der Waals surface area contributed by atoms with Crippen molar-refractivity contribution in [2.75, 3.05) is 31.1 Å². The molecule has 2 saturated heterocycles. The van der Waals surface area contributed by atoms with E-state index in [9.17, 15) is 17.2 Å². The monoisotopic (exact) mass is 481 g/mol. The third-order valence-corrected chi connectivity index (χ3v) is 9.03. The van der Waals surface area contributed by atoms with Crippen molar-refractivity contribution in [1.29, 1.82) is 0 Å². The summed E-state index contributed by atoms with van der Waals surface area (Å²) in [4.78, 5) is 6.64. The standard InChI is InChI=1S/C19H21F2N7O2S2/c1-18(2-3-18)26-32(29,30)11-4-12(27-9-19(10-27)7-22-8-19)13-5-23-15(28(13)6-11)17-25-24-16(31-17)14(20)21/h4-6,14,22,26H,2-3,7-10H2,1H3. The molecule has 3 fully saturated rings. The molecule has 1 aliphatic carbocycles. The van der Waals surface area contributed by atoms with E-state index in [0.717, 1.165) is 56.0 Å². The molecule has 6 rings (SSSR count). The number of halogens is 2. The predicted molar refractivity (Wildman–Crippen MR) is 115 cm³/mol. The highest BCUT2D eigenvalue weighted by atomic mass is 32.2. The Bertz CT molecular complexity index is 1320. The van der Waals surface area contributed by atoms with E-state index in [1.54, 1.807) is 16.7 Å². The molecule has 0 aromatic carbocycles. The molecule has 1 spiro atoms. The molecular weight excluding hydrogens is 460 g/mol. The first-order chi connectivity index (χ1) is 15.2. The zero-order chi connectivity index (χ0) is 22.3. The maximum absolute atomic E-state index is 13.2. The van der Waals surface area contributed by atoms with Crippen LogP contribution in [0.5, 0.6) is 0 Å². The van der Waals surface area contributed by atoms with Crippen LogP contribution in [-0.2, 0) is 10.0 Å². The SMILES string of the molecule is CC1(NS(=O)(=O)c2cc(N3CC4(CNC4)C3)c3cnc(-c4nnc(C(F)F)s4)n3c2)CC1. The number of nitrogens with one attached hydrogen (secondary N) is 2. The molecule has 2 N–H and O–H groups in total. The predicted octanol–water partition coefficient (Wildman–Crippen LogP) is 2.03. The quantitative estimate of drug-likeness (QED) is 0.555. The van der Waals surface area contributed by atoms with Gasteiger partial charge in [-0.3, -0.25) is 4.40 Å². The summed E-state index contributed by atoms with van der Waals surface area (Å²) < 4.78 is 56.8. The highest BCUT2D eigenvalue weighted by Crippen LogP contribution is 2.42. The number of alkyl halides is 2. The van der Waals surface area contributed by atoms with E-state index >= 15 is 0 Å². The molecule has 9 nitrogen and oxygen atoms in total. The number of hydrogen-bond acceptors (Lipinski definition) is 8. The normalized spacial score (nSPS) is 21.2. The van der Waals surface area contributed by atoms with E-state index in [-0.39, 0.29) is 15.3 Å². The third-order valence-electron chi connectivity index (χ3n) is 6.50. The molecule has 3 aromatic heterocycles. The highest BCUT2D eigenvalue weighted by molar-refractivity contribution is 7.89. The fourth-order valence-corrected chi connectivity index (χ4v) is 6.51. The Morgan fingerprint density at radius 1 is 1.25 bits per heavy atom. The van der Waals surface area contributed by atoms with Crippen molar-refractivity contribution in [1.82, 2.24) is 29.6 Å². The summed E-state index contributed by atoms with van der Waals surface area (Å²) in [5.41, 5.74) is 1.27. The van der Waals surface area contributed by atoms with Crippen LogP contribution in [0.4, 0.5) is 14.5 Å². The molecule has 2 aliphatic heterocycles. The zero-order valence-corrected chi connectivity index (χ0v) is 18.8. The van der Waals surface area contributed by atoms with E-state index in [0.29, 0.717) is 11.3 Å². The number of pyridine rings is 1. The second-order valence-electron chi connectivity index (χ2n) is 9.27. The zero-order valence-electron chi connectivity index (χ0n) is 17.2. The van der Waals surface area contributed by atoms with E-state index in [1.165, 1.54) is 6.20 Å². The van der Waals surface area contributed by atoms with E-state index in [2.05, 4.69) is 30.1 Å². The van der Waals surface area contributed by atoms with Crippen molar-refractivity contribution < 1.29 is 17.2 Å². The molecule has 13 heteroatoms. The van der Waals surface area contributed by atoms with Crippen molar-refractivity contribution in [2.24, 2.45) is 5.41 Å². The lowest BCUT2D eigenvalue weighted by atomic mass is 9.74. The van der Waals surface area contributed by atoms with E-state index in [1.807, 2.05) is 6.92 Å². The van der Waals surface area contributed by atoms with Crippen LogP contribution in [0.1, 0.15) is 31.2 Å². The Balaban J connectivity index is 1.47. The Morgan fingerprint density at radius 3 is 2.59 bits per heavy atom. The molecule has 1 saturated carbocycles. The molecule has 0 bridgehead atoms. The van der Waals surface area contributed by atoms with Gasteiger partial charge < -0.3 is 10.2 Å². The minimum atomic E-state index is -3.78. The van der Waals surface area contributed by atoms with Crippen LogP contribution in [0.15, 0.2) is 23.4 Å². The van der Waals surface area contributed by atoms with Gasteiger partial charge in [-0.1, -0.05) is 11.3 Å². The van der Waals surface area contributed by atoms with E-state index in [4.69, 9.17) is 0 Å². The van der Waals surface area contributed by atoms with Gasteiger partial charge in [-0.2, -0.15) is 0 Å². The molecule has 0 radical (unpaired) electrons. The van der Waals surface area contributed by atoms with Crippen LogP contribution in [0.25, 0.3) is 16.3 Å². The molecule has 0 amide bonds. The number of fused-ring (bicyclic) bond motifs is 1. The highest BCUT2D eigenvalue weighted by Gasteiger charge is 2.48. The van der Waals surface area contributed by atoms with Gasteiger partial charge in [-0.25, -0.2) is 26.9 Å². The van der Waals surface area contributed by atoms with Gasteiger partial charge >= 0.3 is 0 Å². The molecule has 170 valence electrons. The number of imidazole rings is 1. The first kappa shape index (κ1) is 20.4. The summed E-state index contributed by atoms with van der Waals surface area (Å²) in [5, 5.41) is 10.5. The van der Waals surface area contributed by atoms with Crippen LogP contribution < -0.4 is 14.9 Å². The first-order valence-corrected chi connectivity index (χ1v) is 12.6. The molecule has 0 atom stereocenters. The topological polar surface area (TPSA) is 105 Å². The van der Waals surface area contributed by atoms with Crippen LogP contribution in [0, 0.1) is 5.41 Å². The Hall–Kier alpha value is -2.22. The van der Waals surface area contributed by atoms with Crippen LogP contribution in [-0.4, -0.2) is 59.7 Å². The summed E-state index contributed by atoms with van der Waals surface area (Å²) >= 11 is 0.751. The van der Waals surface area contributed by atoms with Crippen LogP contribution in [0.3, 0.4) is 0 Å². The van der Waals surface area contributed by atoms with Gasteiger partial charge in [0.2, 0.25) is 10.0 Å². The lowest BCUT2D eigenvalue weighted by molar-refractivity contribution is 0.121. The van der Waals surface area contributed by atoms with Gasteiger partial charge in [-0.05, 0) is 25.8 Å². The summed E-state index contributed by atoms with van der Waals surface area (Å²) in [6.07, 6.45) is 1.97. The molecular formula is C19H21F2N7O2S2. The second-order valence-corrected chi connectivity index (χ2v) is 12.0. The fourth-order valence-electron chi connectivity index (χ4n) is 4.33. The lowest BCUT2D eigenvalue weighted by Crippen LogP contribution is -2.71. The number of anilines is 1. The van der Waals surface area contributed by atoms with Crippen molar-refractivity contribution in [3.63, 3.8) is 0 Å². The van der Waals surface area contributed by atoms with Gasteiger partial charge in [0.15, 0.2) is 15.8 Å². The first-order valence-electron chi connectivity index (χ1n) is 10.3. The van der Waals surface area contributed by atoms with Crippen LogP contribution in [0.2, 0.25) is 0 Å². The number of rotatable bonds is 6. The number of aromatic nitrogens is 4. The summed E-state index contributed by atoms with van der Waals surface area (Å²) in [6, 6.07) is 1.68. The van der Waals surface area contributed by atoms with Gasteiger partial charge in [-0.15, -0.1) is 10.2 Å². The number of nitrogens with zero attached hydrogens (tertiary/aromatic N) is 5. The van der Waals surface area contributed by atoms with E-state index < -0.39 is 27.0 Å². The van der Waals surface area contributed by atoms with Crippen molar-refractivity contribution >= 4 is 32.6 Å². The largest absolute Gasteiger partial charge is 0.368 e. The minimum Gasteiger partial charge on any atom is -0.368 e. The van der Waals surface area contributed by atoms with Gasteiger partial charge in [0.05, 0.1) is 17.4 Å². The van der Waals surface area contributed by atoms with Gasteiger partial charge in [0.25, 0.3) is 6.43 Å². The molecule has 32 heavy (non-hydrogen) atoms. The third kappa shape index (κ3) is 3.21. The molecule has 0 unspecified atom stereocenters. The maximum atomic E-state index is 13.2. The molecule has 5 heterocycles. The van der Waals surface area contributed by atoms with Gasteiger partial charge in [0.1, 0.15) is 4.90 Å². The minimum absolute atomic E-state index is 0.110. The molecule has 3 aromatic rings. The smallest absolute Gasteiger partial charge is 0.291 e. The average molecular weight is 482 g/mol. The van der Waals surface area contributed by atoms with Gasteiger partial charge in [0, 0.05) is 43.3 Å². The van der Waals surface area contributed by atoms with Crippen LogP contribution >= 0.6 is 11.3 Å². The molecule has 3 aliphatic rings. The summed E-state index contributed by atoms with van der Waals surface area (Å²) in [5.74, 6) is 0.292. The van der Waals surface area contributed by atoms with Crippen molar-refractivity contribution in [3.05, 3.63) is 23.5 Å². The lowest BCUT2D eigenvalue weighted by Gasteiger charge is -2.57. The summed E-state index contributed by atoms with van der Waals surface area (Å²) in [7, 11) is -3.78. The maximum Gasteiger partial charge on any atom is 0.291 e. The average Bonchev–Trinajstić information content (AvgIpc) is 3.08. The number of hydrogen-bond donors (Lipinski definition) is 2. The second kappa shape index (κ2) is 6.65. The number of sulfonamides is 1. The Labute approximate surface area is 186 Å². The Kier molecular flexibility index (Phi) is 4.24. The van der Waals surface area contributed by atoms with Crippen molar-refractivity contribution in [3.8, 4) is 10.8 Å². The Morgan fingerprint density at radius 2 is 2.00 bits per heavy atom. The van der Waals surface area contributed by atoms with Crippen molar-refractivity contribution in [2.45, 2.75) is 36.6 Å². The summed E-state index contributed by atoms with van der Waals surface area (Å²) in [6.45, 7) is 5.41.